The van der Waals surface area contributed by atoms with Gasteiger partial charge < -0.3 is 10.0 Å². The molecule has 2 N–H and O–H groups in total. The molecular weight excluding hydrogens is 395 g/mol. The van der Waals surface area contributed by atoms with Crippen LogP contribution in [-0.4, -0.2) is 46.8 Å². The number of anilines is 1. The van der Waals surface area contributed by atoms with Crippen molar-refractivity contribution in [2.24, 2.45) is 0 Å². The minimum Gasteiger partial charge on any atom is -0.385 e. The van der Waals surface area contributed by atoms with Crippen molar-refractivity contribution >= 4 is 38.9 Å². The number of aliphatic hydroxyl groups is 1. The summed E-state index contributed by atoms with van der Waals surface area (Å²) >= 11 is 12.3. The van der Waals surface area contributed by atoms with E-state index in [1.54, 1.807) is 36.4 Å². The predicted octanol–water partition coefficient (Wildman–Crippen LogP) is 2.00. The first-order valence-electron chi connectivity index (χ1n) is 8.13. The molecule has 0 spiro atoms. The minimum atomic E-state index is -3.92. The maximum Gasteiger partial charge on any atom is 0.264 e. The van der Waals surface area contributed by atoms with Gasteiger partial charge in [-0.15, -0.1) is 0 Å². The van der Waals surface area contributed by atoms with Gasteiger partial charge in [-0.05, 0) is 37.3 Å². The topological polar surface area (TPSA) is 62.0 Å². The van der Waals surface area contributed by atoms with E-state index >= 15 is 0 Å². The number of halogens is 2. The van der Waals surface area contributed by atoms with Gasteiger partial charge in [-0.3, -0.25) is 4.31 Å². The van der Waals surface area contributed by atoms with Crippen molar-refractivity contribution in [2.75, 3.05) is 31.5 Å². The quantitative estimate of drug-likeness (QED) is 0.723. The van der Waals surface area contributed by atoms with Crippen molar-refractivity contribution < 1.29 is 18.4 Å². The van der Waals surface area contributed by atoms with E-state index in [4.69, 9.17) is 23.2 Å². The molecule has 0 aliphatic heterocycles. The monoisotopic (exact) mass is 417 g/mol. The van der Waals surface area contributed by atoms with Gasteiger partial charge in [-0.25, -0.2) is 8.42 Å². The molecule has 0 saturated heterocycles. The highest BCUT2D eigenvalue weighted by Crippen LogP contribution is 2.33. The zero-order valence-electron chi connectivity index (χ0n) is 14.9. The zero-order valence-corrected chi connectivity index (χ0v) is 17.2. The Morgan fingerprint density at radius 3 is 2.31 bits per heavy atom. The van der Waals surface area contributed by atoms with Gasteiger partial charge >= 0.3 is 0 Å². The first-order chi connectivity index (χ1) is 12.1. The van der Waals surface area contributed by atoms with Crippen LogP contribution in [0.5, 0.6) is 0 Å². The summed E-state index contributed by atoms with van der Waals surface area (Å²) in [5.41, 5.74) is 1.19. The molecule has 0 unspecified atom stereocenters. The number of nitrogens with one attached hydrogen (secondary N) is 1. The van der Waals surface area contributed by atoms with E-state index in [1.807, 2.05) is 21.0 Å². The SMILES string of the molecule is Cc1ccc(S(=O)(=O)N(C[C@H](O)C[NH+](C)C)c2cc(Cl)ccc2Cl)cc1. The Bertz CT molecular complexity index is 855. The molecule has 0 aliphatic rings. The lowest BCUT2D eigenvalue weighted by atomic mass is 10.2. The number of rotatable bonds is 7. The van der Waals surface area contributed by atoms with Gasteiger partial charge in [0.25, 0.3) is 10.0 Å². The molecule has 0 saturated carbocycles. The van der Waals surface area contributed by atoms with E-state index in [9.17, 15) is 13.5 Å². The molecule has 2 aromatic rings. The summed E-state index contributed by atoms with van der Waals surface area (Å²) in [4.78, 5) is 1.13. The molecule has 8 heteroatoms. The van der Waals surface area contributed by atoms with Crippen LogP contribution in [0.1, 0.15) is 5.56 Å². The van der Waals surface area contributed by atoms with E-state index in [-0.39, 0.29) is 22.2 Å². The predicted molar refractivity (Wildman–Crippen MR) is 106 cm³/mol. The molecule has 0 aromatic heterocycles. The summed E-state index contributed by atoms with van der Waals surface area (Å²) in [6, 6.07) is 11.2. The van der Waals surface area contributed by atoms with E-state index in [0.29, 0.717) is 11.6 Å². The second kappa shape index (κ2) is 8.59. The number of nitrogens with zero attached hydrogens (tertiary/aromatic N) is 1. The Hall–Kier alpha value is -1.31. The number of hydrogen-bond donors (Lipinski definition) is 2. The summed E-state index contributed by atoms with van der Waals surface area (Å²) in [5, 5.41) is 11.0. The summed E-state index contributed by atoms with van der Waals surface area (Å²) in [5.74, 6) is 0. The molecule has 26 heavy (non-hydrogen) atoms. The van der Waals surface area contributed by atoms with E-state index in [0.717, 1.165) is 14.8 Å². The number of aryl methyl sites for hydroxylation is 1. The largest absolute Gasteiger partial charge is 0.385 e. The summed E-state index contributed by atoms with van der Waals surface area (Å²) in [6.45, 7) is 2.14. The zero-order chi connectivity index (χ0) is 19.5. The fourth-order valence-corrected chi connectivity index (χ4v) is 4.52. The average Bonchev–Trinajstić information content (AvgIpc) is 2.54. The Kier molecular flexibility index (Phi) is 6.93. The van der Waals surface area contributed by atoms with Crippen LogP contribution < -0.4 is 9.21 Å². The number of likely N-dealkylation sites (N-methyl/N-ethyl adjacent to an activating group) is 1. The summed E-state index contributed by atoms with van der Waals surface area (Å²) < 4.78 is 27.6. The molecule has 0 bridgehead atoms. The Morgan fingerprint density at radius 1 is 1.12 bits per heavy atom. The Labute approximate surface area is 164 Å². The maximum atomic E-state index is 13.2. The van der Waals surface area contributed by atoms with Crippen molar-refractivity contribution in [1.29, 1.82) is 0 Å². The van der Waals surface area contributed by atoms with Crippen molar-refractivity contribution in [1.82, 2.24) is 0 Å². The van der Waals surface area contributed by atoms with Crippen LogP contribution in [0.2, 0.25) is 10.0 Å². The summed E-state index contributed by atoms with van der Waals surface area (Å²) in [7, 11) is -0.153. The third kappa shape index (κ3) is 5.11. The van der Waals surface area contributed by atoms with Crippen molar-refractivity contribution in [2.45, 2.75) is 17.9 Å². The molecule has 0 amide bonds. The average molecular weight is 418 g/mol. The molecule has 2 aromatic carbocycles. The number of quaternary nitrogens is 1. The van der Waals surface area contributed by atoms with Gasteiger partial charge in [-0.1, -0.05) is 40.9 Å². The van der Waals surface area contributed by atoms with Gasteiger partial charge in [0.05, 0.1) is 36.2 Å². The third-order valence-corrected chi connectivity index (χ3v) is 6.15. The van der Waals surface area contributed by atoms with Crippen LogP contribution in [0.25, 0.3) is 0 Å². The highest BCUT2D eigenvalue weighted by molar-refractivity contribution is 7.92. The van der Waals surface area contributed by atoms with Gasteiger partial charge in [0.15, 0.2) is 0 Å². The fraction of sp³-hybridized carbons (Fsp3) is 0.333. The van der Waals surface area contributed by atoms with Crippen molar-refractivity contribution in [3.05, 3.63) is 58.1 Å². The standard InChI is InChI=1S/C18H22Cl2N2O3S/c1-13-4-7-16(8-5-13)26(24,25)22(12-15(23)11-21(2)3)18-10-14(19)6-9-17(18)20/h4-10,15,23H,11-12H2,1-3H3/p+1/t15-/m1/s1. The molecular formula is C18H23Cl2N2O3S+. The lowest BCUT2D eigenvalue weighted by Gasteiger charge is -2.28. The highest BCUT2D eigenvalue weighted by atomic mass is 35.5. The van der Waals surface area contributed by atoms with Gasteiger partial charge in [0, 0.05) is 5.02 Å². The number of aliphatic hydroxyl groups excluding tert-OH is 1. The molecule has 0 fully saturated rings. The van der Waals surface area contributed by atoms with E-state index in [2.05, 4.69) is 0 Å². The molecule has 2 rings (SSSR count). The van der Waals surface area contributed by atoms with Crippen LogP contribution in [0.3, 0.4) is 0 Å². The lowest BCUT2D eigenvalue weighted by molar-refractivity contribution is -0.861. The second-order valence-corrected chi connectivity index (χ2v) is 9.22. The lowest BCUT2D eigenvalue weighted by Crippen LogP contribution is -3.07. The normalized spacial score (nSPS) is 13.0. The number of sulfonamides is 1. The van der Waals surface area contributed by atoms with Gasteiger partial charge in [0.2, 0.25) is 0 Å². The van der Waals surface area contributed by atoms with Crippen LogP contribution in [0.15, 0.2) is 47.4 Å². The molecule has 1 atom stereocenters. The van der Waals surface area contributed by atoms with Crippen LogP contribution in [0.4, 0.5) is 5.69 Å². The minimum absolute atomic E-state index is 0.124. The van der Waals surface area contributed by atoms with E-state index < -0.39 is 16.1 Å². The van der Waals surface area contributed by atoms with Crippen molar-refractivity contribution in [3.63, 3.8) is 0 Å². The smallest absolute Gasteiger partial charge is 0.264 e. The number of hydrogen-bond acceptors (Lipinski definition) is 3. The highest BCUT2D eigenvalue weighted by Gasteiger charge is 2.29. The second-order valence-electron chi connectivity index (χ2n) is 6.51. The third-order valence-electron chi connectivity index (χ3n) is 3.81. The van der Waals surface area contributed by atoms with E-state index in [1.165, 1.54) is 6.07 Å². The molecule has 0 heterocycles. The Balaban J connectivity index is 2.52. The fourth-order valence-electron chi connectivity index (χ4n) is 2.57. The first-order valence-corrected chi connectivity index (χ1v) is 10.3. The number of benzene rings is 2. The van der Waals surface area contributed by atoms with Crippen LogP contribution in [-0.2, 0) is 10.0 Å². The Morgan fingerprint density at radius 2 is 1.73 bits per heavy atom. The van der Waals surface area contributed by atoms with Gasteiger partial charge in [0.1, 0.15) is 12.6 Å². The molecule has 5 nitrogen and oxygen atoms in total. The summed E-state index contributed by atoms with van der Waals surface area (Å²) in [6.07, 6.45) is -0.865. The molecule has 142 valence electrons. The van der Waals surface area contributed by atoms with Gasteiger partial charge in [-0.2, -0.15) is 0 Å². The van der Waals surface area contributed by atoms with Crippen molar-refractivity contribution in [3.8, 4) is 0 Å². The molecule has 0 aliphatic carbocycles. The first kappa shape index (κ1) is 21.0. The maximum absolute atomic E-state index is 13.2. The van der Waals surface area contributed by atoms with Crippen LogP contribution >= 0.6 is 23.2 Å². The van der Waals surface area contributed by atoms with Crippen LogP contribution in [0, 0.1) is 6.92 Å². The molecule has 0 radical (unpaired) electrons.